The number of hydrogen-bond acceptors (Lipinski definition) is 5. The maximum Gasteiger partial charge on any atom is 0.338 e. The molecule has 7 nitrogen and oxygen atoms in total. The standard InChI is InChI=1S/C25H25N3O4/c1-2-31-24(29)21-19(27-25(30)28-23(21)20-14-9-15-32-20)16-26-22(17-10-5-3-6-11-17)18-12-7-4-8-13-18/h3-15,22-23,26H,2,16H2,1H3,(H2,27,28,30). The normalized spacial score (nSPS) is 15.9. The number of carbonyl (C=O) groups is 2. The first-order valence-corrected chi connectivity index (χ1v) is 10.5. The molecular weight excluding hydrogens is 406 g/mol. The molecule has 32 heavy (non-hydrogen) atoms. The van der Waals surface area contributed by atoms with Crippen molar-refractivity contribution < 1.29 is 18.7 Å². The van der Waals surface area contributed by atoms with Gasteiger partial charge in [-0.2, -0.15) is 0 Å². The Labute approximate surface area is 186 Å². The molecule has 1 aliphatic heterocycles. The first-order chi connectivity index (χ1) is 15.7. The van der Waals surface area contributed by atoms with Gasteiger partial charge in [0.1, 0.15) is 11.8 Å². The zero-order valence-corrected chi connectivity index (χ0v) is 17.7. The summed E-state index contributed by atoms with van der Waals surface area (Å²) < 4.78 is 10.8. The van der Waals surface area contributed by atoms with E-state index in [4.69, 9.17) is 9.15 Å². The molecule has 2 aromatic carbocycles. The Bertz CT molecular complexity index is 1040. The highest BCUT2D eigenvalue weighted by Crippen LogP contribution is 2.29. The van der Waals surface area contributed by atoms with Crippen molar-refractivity contribution >= 4 is 12.0 Å². The van der Waals surface area contributed by atoms with Crippen LogP contribution in [0.4, 0.5) is 4.79 Å². The van der Waals surface area contributed by atoms with Crippen molar-refractivity contribution in [2.24, 2.45) is 0 Å². The molecule has 0 saturated heterocycles. The lowest BCUT2D eigenvalue weighted by atomic mass is 9.97. The molecule has 0 bridgehead atoms. The van der Waals surface area contributed by atoms with Crippen LogP contribution in [-0.4, -0.2) is 25.2 Å². The van der Waals surface area contributed by atoms with Gasteiger partial charge in [-0.1, -0.05) is 60.7 Å². The van der Waals surface area contributed by atoms with Crippen LogP contribution < -0.4 is 16.0 Å². The molecule has 2 heterocycles. The summed E-state index contributed by atoms with van der Waals surface area (Å²) in [5.41, 5.74) is 2.90. The molecule has 3 N–H and O–H groups in total. The second kappa shape index (κ2) is 9.98. The van der Waals surface area contributed by atoms with Crippen LogP contribution in [0.2, 0.25) is 0 Å². The minimum absolute atomic E-state index is 0.137. The summed E-state index contributed by atoms with van der Waals surface area (Å²) in [4.78, 5) is 25.3. The highest BCUT2D eigenvalue weighted by Gasteiger charge is 2.35. The molecule has 1 atom stereocenters. The van der Waals surface area contributed by atoms with Crippen LogP contribution in [0.3, 0.4) is 0 Å². The third-order valence-corrected chi connectivity index (χ3v) is 5.23. The smallest absolute Gasteiger partial charge is 0.338 e. The Morgan fingerprint density at radius 2 is 1.69 bits per heavy atom. The van der Waals surface area contributed by atoms with Gasteiger partial charge in [0.25, 0.3) is 0 Å². The number of benzene rings is 2. The van der Waals surface area contributed by atoms with Gasteiger partial charge in [-0.15, -0.1) is 0 Å². The van der Waals surface area contributed by atoms with Crippen LogP contribution >= 0.6 is 0 Å². The van der Waals surface area contributed by atoms with E-state index in [9.17, 15) is 9.59 Å². The fraction of sp³-hybridized carbons (Fsp3) is 0.200. The van der Waals surface area contributed by atoms with Gasteiger partial charge in [-0.05, 0) is 30.2 Å². The van der Waals surface area contributed by atoms with Crippen molar-refractivity contribution in [3.05, 3.63) is 107 Å². The largest absolute Gasteiger partial charge is 0.467 e. The number of nitrogens with one attached hydrogen (secondary N) is 3. The Kier molecular flexibility index (Phi) is 6.67. The number of amides is 2. The Hall–Kier alpha value is -3.84. The van der Waals surface area contributed by atoms with Gasteiger partial charge in [0.15, 0.2) is 0 Å². The number of rotatable bonds is 8. The fourth-order valence-corrected chi connectivity index (χ4v) is 3.80. The number of hydrogen-bond donors (Lipinski definition) is 3. The molecule has 0 fully saturated rings. The summed E-state index contributed by atoms with van der Waals surface area (Å²) in [6, 6.07) is 22.2. The van der Waals surface area contributed by atoms with Gasteiger partial charge < -0.3 is 25.1 Å². The minimum Gasteiger partial charge on any atom is -0.467 e. The van der Waals surface area contributed by atoms with Crippen LogP contribution in [0.25, 0.3) is 0 Å². The minimum atomic E-state index is -0.735. The van der Waals surface area contributed by atoms with E-state index < -0.39 is 18.0 Å². The topological polar surface area (TPSA) is 92.6 Å². The summed E-state index contributed by atoms with van der Waals surface area (Å²) in [6.45, 7) is 2.21. The molecule has 1 aliphatic rings. The Morgan fingerprint density at radius 3 is 2.25 bits per heavy atom. The number of furan rings is 1. The summed E-state index contributed by atoms with van der Waals surface area (Å²) in [7, 11) is 0. The van der Waals surface area contributed by atoms with E-state index in [1.165, 1.54) is 6.26 Å². The van der Waals surface area contributed by atoms with Crippen molar-refractivity contribution in [1.29, 1.82) is 0 Å². The monoisotopic (exact) mass is 431 g/mol. The number of esters is 1. The third-order valence-electron chi connectivity index (χ3n) is 5.23. The lowest BCUT2D eigenvalue weighted by Gasteiger charge is -2.29. The maximum atomic E-state index is 12.9. The Balaban J connectivity index is 1.69. The maximum absolute atomic E-state index is 12.9. The quantitative estimate of drug-likeness (QED) is 0.472. The molecule has 0 radical (unpaired) electrons. The first-order valence-electron chi connectivity index (χ1n) is 10.5. The van der Waals surface area contributed by atoms with Crippen molar-refractivity contribution in [2.45, 2.75) is 19.0 Å². The van der Waals surface area contributed by atoms with E-state index in [1.54, 1.807) is 19.1 Å². The van der Waals surface area contributed by atoms with E-state index in [2.05, 4.69) is 16.0 Å². The average Bonchev–Trinajstić information content (AvgIpc) is 3.35. The summed E-state index contributed by atoms with van der Waals surface area (Å²) in [5.74, 6) is -0.0442. The van der Waals surface area contributed by atoms with Crippen molar-refractivity contribution in [3.8, 4) is 0 Å². The zero-order valence-electron chi connectivity index (χ0n) is 17.7. The van der Waals surface area contributed by atoms with Gasteiger partial charge in [0.2, 0.25) is 0 Å². The Morgan fingerprint density at radius 1 is 1.03 bits per heavy atom. The second-order valence-electron chi connectivity index (χ2n) is 7.29. The number of carbonyl (C=O) groups excluding carboxylic acids is 2. The van der Waals surface area contributed by atoms with Crippen LogP contribution in [0, 0.1) is 0 Å². The van der Waals surface area contributed by atoms with Crippen molar-refractivity contribution in [2.75, 3.05) is 13.2 Å². The zero-order chi connectivity index (χ0) is 22.3. The number of urea groups is 1. The molecule has 1 aromatic heterocycles. The molecule has 0 aliphatic carbocycles. The SMILES string of the molecule is CCOC(=O)C1=C(CNC(c2ccccc2)c2ccccc2)NC(=O)NC1c1ccco1. The van der Waals surface area contributed by atoms with E-state index >= 15 is 0 Å². The molecule has 1 unspecified atom stereocenters. The fourth-order valence-electron chi connectivity index (χ4n) is 3.80. The first kappa shape index (κ1) is 21.4. The predicted molar refractivity (Wildman–Crippen MR) is 120 cm³/mol. The van der Waals surface area contributed by atoms with Crippen LogP contribution in [0.5, 0.6) is 0 Å². The van der Waals surface area contributed by atoms with Crippen molar-refractivity contribution in [1.82, 2.24) is 16.0 Å². The lowest BCUT2D eigenvalue weighted by molar-refractivity contribution is -0.139. The van der Waals surface area contributed by atoms with Gasteiger partial charge in [0.05, 0.1) is 24.5 Å². The molecule has 0 spiro atoms. The molecule has 0 saturated carbocycles. The summed E-state index contributed by atoms with van der Waals surface area (Å²) in [6.07, 6.45) is 1.51. The van der Waals surface area contributed by atoms with Crippen LogP contribution in [-0.2, 0) is 9.53 Å². The third kappa shape index (κ3) is 4.73. The van der Waals surface area contributed by atoms with Gasteiger partial charge in [-0.3, -0.25) is 0 Å². The van der Waals surface area contributed by atoms with E-state index in [0.717, 1.165) is 11.1 Å². The van der Waals surface area contributed by atoms with Gasteiger partial charge >= 0.3 is 12.0 Å². The summed E-state index contributed by atoms with van der Waals surface area (Å²) in [5, 5.41) is 9.04. The average molecular weight is 431 g/mol. The molecule has 2 amide bonds. The van der Waals surface area contributed by atoms with Crippen LogP contribution in [0.15, 0.2) is 94.7 Å². The molecule has 3 aromatic rings. The van der Waals surface area contributed by atoms with E-state index in [1.807, 2.05) is 60.7 Å². The van der Waals surface area contributed by atoms with Crippen molar-refractivity contribution in [3.63, 3.8) is 0 Å². The number of ether oxygens (including phenoxy) is 1. The second-order valence-corrected chi connectivity index (χ2v) is 7.29. The summed E-state index contributed by atoms with van der Waals surface area (Å²) >= 11 is 0. The molecule has 4 rings (SSSR count). The van der Waals surface area contributed by atoms with Crippen LogP contribution in [0.1, 0.15) is 35.9 Å². The molecule has 164 valence electrons. The highest BCUT2D eigenvalue weighted by molar-refractivity contribution is 5.95. The van der Waals surface area contributed by atoms with E-state index in [-0.39, 0.29) is 19.2 Å². The molecular formula is C25H25N3O4. The van der Waals surface area contributed by atoms with E-state index in [0.29, 0.717) is 17.0 Å². The predicted octanol–water partition coefficient (Wildman–Crippen LogP) is 3.83. The lowest BCUT2D eigenvalue weighted by Crippen LogP contribution is -2.48. The highest BCUT2D eigenvalue weighted by atomic mass is 16.5. The van der Waals surface area contributed by atoms with Gasteiger partial charge in [-0.25, -0.2) is 9.59 Å². The molecule has 7 heteroatoms. The van der Waals surface area contributed by atoms with Gasteiger partial charge in [0, 0.05) is 12.2 Å².